The number of rotatable bonds is 0. The standard InChI is InChI=1S/C13H18.2C2H6/c1-10-6-5-8-12-7-3-4-9-13(12)11(10)2;2*1-2/h3-4,7,9-11H,5-6,8H2,1-2H3;2*1-2H3. The maximum Gasteiger partial charge on any atom is -0.0162 e. The number of fused-ring (bicyclic) bond motifs is 1. The molecule has 0 fully saturated rings. The molecule has 0 heteroatoms. The van der Waals surface area contributed by atoms with E-state index in [2.05, 4.69) is 38.1 Å². The van der Waals surface area contributed by atoms with Crippen molar-refractivity contribution < 1.29 is 0 Å². The van der Waals surface area contributed by atoms with Gasteiger partial charge in [-0.25, -0.2) is 0 Å². The molecular formula is C17H30. The highest BCUT2D eigenvalue weighted by molar-refractivity contribution is 5.31. The zero-order valence-electron chi connectivity index (χ0n) is 12.6. The Hall–Kier alpha value is -0.780. The molecule has 0 saturated heterocycles. The Morgan fingerprint density at radius 1 is 0.941 bits per heavy atom. The van der Waals surface area contributed by atoms with Gasteiger partial charge in [-0.15, -0.1) is 0 Å². The largest absolute Gasteiger partial charge is 0.0683 e. The van der Waals surface area contributed by atoms with Crippen molar-refractivity contribution in [3.8, 4) is 0 Å². The van der Waals surface area contributed by atoms with Gasteiger partial charge in [0, 0.05) is 0 Å². The zero-order chi connectivity index (χ0) is 13.3. The molecule has 0 amide bonds. The zero-order valence-corrected chi connectivity index (χ0v) is 12.6. The quantitative estimate of drug-likeness (QED) is 0.496. The van der Waals surface area contributed by atoms with E-state index in [1.807, 2.05) is 27.7 Å². The van der Waals surface area contributed by atoms with E-state index in [1.165, 1.54) is 19.3 Å². The predicted molar refractivity (Wildman–Crippen MR) is 79.7 cm³/mol. The highest BCUT2D eigenvalue weighted by atomic mass is 14.2. The van der Waals surface area contributed by atoms with Gasteiger partial charge in [0.25, 0.3) is 0 Å². The molecule has 0 N–H and O–H groups in total. The second-order valence-electron chi connectivity index (χ2n) is 4.36. The maximum absolute atomic E-state index is 2.38. The summed E-state index contributed by atoms with van der Waals surface area (Å²) < 4.78 is 0. The van der Waals surface area contributed by atoms with Crippen LogP contribution in [0.3, 0.4) is 0 Å². The van der Waals surface area contributed by atoms with Crippen molar-refractivity contribution in [3.63, 3.8) is 0 Å². The molecule has 0 radical (unpaired) electrons. The van der Waals surface area contributed by atoms with Crippen LogP contribution in [-0.2, 0) is 6.42 Å². The van der Waals surface area contributed by atoms with Gasteiger partial charge < -0.3 is 0 Å². The average molecular weight is 234 g/mol. The van der Waals surface area contributed by atoms with Gasteiger partial charge in [-0.2, -0.15) is 0 Å². The maximum atomic E-state index is 2.38. The lowest BCUT2D eigenvalue weighted by atomic mass is 9.87. The van der Waals surface area contributed by atoms with Gasteiger partial charge >= 0.3 is 0 Å². The van der Waals surface area contributed by atoms with E-state index in [0.717, 1.165) is 11.8 Å². The monoisotopic (exact) mass is 234 g/mol. The molecule has 0 spiro atoms. The van der Waals surface area contributed by atoms with E-state index in [0.29, 0.717) is 0 Å². The summed E-state index contributed by atoms with van der Waals surface area (Å²) in [5.41, 5.74) is 3.17. The number of hydrogen-bond acceptors (Lipinski definition) is 0. The molecular weight excluding hydrogens is 204 g/mol. The molecule has 2 unspecified atom stereocenters. The smallest absolute Gasteiger partial charge is 0.0162 e. The Morgan fingerprint density at radius 3 is 2.18 bits per heavy atom. The summed E-state index contributed by atoms with van der Waals surface area (Å²) in [5, 5.41) is 0. The van der Waals surface area contributed by atoms with Gasteiger partial charge in [-0.1, -0.05) is 65.8 Å². The van der Waals surface area contributed by atoms with Crippen LogP contribution in [0.5, 0.6) is 0 Å². The summed E-state index contributed by atoms with van der Waals surface area (Å²) in [6, 6.07) is 8.95. The molecule has 0 nitrogen and oxygen atoms in total. The molecule has 2 atom stereocenters. The second kappa shape index (κ2) is 9.27. The third-order valence-electron chi connectivity index (χ3n) is 3.50. The van der Waals surface area contributed by atoms with Crippen molar-refractivity contribution in [2.45, 2.75) is 66.7 Å². The number of benzene rings is 1. The van der Waals surface area contributed by atoms with Gasteiger partial charge in [-0.3, -0.25) is 0 Å². The molecule has 1 aliphatic carbocycles. The van der Waals surface area contributed by atoms with Gasteiger partial charge in [0.15, 0.2) is 0 Å². The lowest BCUT2D eigenvalue weighted by Gasteiger charge is -2.18. The Balaban J connectivity index is 0.000000581. The fourth-order valence-corrected chi connectivity index (χ4v) is 2.38. The molecule has 0 aromatic heterocycles. The Bertz CT molecular complexity index is 288. The summed E-state index contributed by atoms with van der Waals surface area (Å²) >= 11 is 0. The molecule has 98 valence electrons. The molecule has 2 rings (SSSR count). The lowest BCUT2D eigenvalue weighted by molar-refractivity contribution is 0.455. The highest BCUT2D eigenvalue weighted by Gasteiger charge is 2.19. The second-order valence-corrected chi connectivity index (χ2v) is 4.36. The average Bonchev–Trinajstić information content (AvgIpc) is 2.56. The van der Waals surface area contributed by atoms with Crippen LogP contribution in [-0.4, -0.2) is 0 Å². The molecule has 0 bridgehead atoms. The van der Waals surface area contributed by atoms with Crippen molar-refractivity contribution in [1.29, 1.82) is 0 Å². The summed E-state index contributed by atoms with van der Waals surface area (Å²) in [6.45, 7) is 12.8. The minimum absolute atomic E-state index is 0.749. The van der Waals surface area contributed by atoms with Crippen LogP contribution in [0, 0.1) is 5.92 Å². The Morgan fingerprint density at radius 2 is 1.53 bits per heavy atom. The van der Waals surface area contributed by atoms with Gasteiger partial charge in [0.1, 0.15) is 0 Å². The van der Waals surface area contributed by atoms with Crippen LogP contribution in [0.1, 0.15) is 71.4 Å². The summed E-state index contributed by atoms with van der Waals surface area (Å²) in [6.07, 6.45) is 4.03. The first-order valence-corrected chi connectivity index (χ1v) is 7.37. The third kappa shape index (κ3) is 4.53. The van der Waals surface area contributed by atoms with Crippen molar-refractivity contribution in [1.82, 2.24) is 0 Å². The van der Waals surface area contributed by atoms with Crippen LogP contribution in [0.25, 0.3) is 0 Å². The minimum Gasteiger partial charge on any atom is -0.0683 e. The van der Waals surface area contributed by atoms with Crippen LogP contribution in [0.4, 0.5) is 0 Å². The van der Waals surface area contributed by atoms with Crippen LogP contribution in [0.15, 0.2) is 24.3 Å². The van der Waals surface area contributed by atoms with Gasteiger partial charge in [-0.05, 0) is 42.2 Å². The van der Waals surface area contributed by atoms with E-state index in [-0.39, 0.29) is 0 Å². The van der Waals surface area contributed by atoms with Crippen LogP contribution < -0.4 is 0 Å². The van der Waals surface area contributed by atoms with Crippen molar-refractivity contribution in [2.75, 3.05) is 0 Å². The van der Waals surface area contributed by atoms with E-state index in [1.54, 1.807) is 11.1 Å². The fraction of sp³-hybridized carbons (Fsp3) is 0.647. The SMILES string of the molecule is CC.CC.CC1CCCc2ccccc2C1C. The van der Waals surface area contributed by atoms with Crippen molar-refractivity contribution >= 4 is 0 Å². The third-order valence-corrected chi connectivity index (χ3v) is 3.50. The molecule has 1 aliphatic rings. The van der Waals surface area contributed by atoms with Crippen molar-refractivity contribution in [3.05, 3.63) is 35.4 Å². The van der Waals surface area contributed by atoms with E-state index in [4.69, 9.17) is 0 Å². The Labute approximate surface area is 108 Å². The fourth-order valence-electron chi connectivity index (χ4n) is 2.38. The number of aryl methyl sites for hydroxylation is 1. The summed E-state index contributed by atoms with van der Waals surface area (Å²) in [5.74, 6) is 1.60. The molecule has 0 aliphatic heterocycles. The van der Waals surface area contributed by atoms with Crippen LogP contribution >= 0.6 is 0 Å². The number of hydrogen-bond donors (Lipinski definition) is 0. The first kappa shape index (κ1) is 16.2. The lowest BCUT2D eigenvalue weighted by Crippen LogP contribution is -2.04. The van der Waals surface area contributed by atoms with Gasteiger partial charge in [0.05, 0.1) is 0 Å². The highest BCUT2D eigenvalue weighted by Crippen LogP contribution is 2.33. The topological polar surface area (TPSA) is 0 Å². The summed E-state index contributed by atoms with van der Waals surface area (Å²) in [7, 11) is 0. The van der Waals surface area contributed by atoms with E-state index >= 15 is 0 Å². The molecule has 0 heterocycles. The van der Waals surface area contributed by atoms with E-state index < -0.39 is 0 Å². The first-order chi connectivity index (χ1) is 8.29. The molecule has 0 saturated carbocycles. The normalized spacial score (nSPS) is 22.0. The molecule has 17 heavy (non-hydrogen) atoms. The van der Waals surface area contributed by atoms with E-state index in [9.17, 15) is 0 Å². The predicted octanol–water partition coefficient (Wildman–Crippen LogP) is 5.81. The first-order valence-electron chi connectivity index (χ1n) is 7.37. The minimum atomic E-state index is 0.749. The summed E-state index contributed by atoms with van der Waals surface area (Å²) in [4.78, 5) is 0. The molecule has 1 aromatic carbocycles. The van der Waals surface area contributed by atoms with Crippen LogP contribution in [0.2, 0.25) is 0 Å². The Kier molecular flexibility index (Phi) is 8.85. The molecule has 1 aromatic rings. The van der Waals surface area contributed by atoms with Crippen molar-refractivity contribution in [2.24, 2.45) is 5.92 Å². The van der Waals surface area contributed by atoms with Gasteiger partial charge in [0.2, 0.25) is 0 Å².